The van der Waals surface area contributed by atoms with E-state index >= 15 is 0 Å². The molecule has 0 radical (unpaired) electrons. The van der Waals surface area contributed by atoms with Crippen LogP contribution in [0.4, 0.5) is 10.5 Å². The Morgan fingerprint density at radius 1 is 1.15 bits per heavy atom. The van der Waals surface area contributed by atoms with Crippen LogP contribution in [0.15, 0.2) is 48.5 Å². The second-order valence-corrected chi connectivity index (χ2v) is 7.54. The molecule has 0 spiro atoms. The van der Waals surface area contributed by atoms with E-state index in [9.17, 15) is 4.79 Å². The molecule has 0 saturated carbocycles. The molecule has 3 N–H and O–H groups in total. The number of benzene rings is 2. The smallest absolute Gasteiger partial charge is 0.412 e. The van der Waals surface area contributed by atoms with Crippen LogP contribution in [0, 0.1) is 0 Å². The molecular weight excluding hydrogens is 342 g/mol. The van der Waals surface area contributed by atoms with Gasteiger partial charge < -0.3 is 9.47 Å². The van der Waals surface area contributed by atoms with Crippen molar-refractivity contribution in [2.24, 2.45) is 0 Å². The maximum absolute atomic E-state index is 11.8. The molecule has 1 aliphatic rings. The highest BCUT2D eigenvalue weighted by atomic mass is 16.6. The molecule has 0 aliphatic carbocycles. The number of hydrazine groups is 1. The van der Waals surface area contributed by atoms with Crippen LogP contribution in [0.5, 0.6) is 5.75 Å². The number of para-hydroxylation sites is 1. The Hall–Kier alpha value is -2.57. The Bertz CT molecular complexity index is 765. The van der Waals surface area contributed by atoms with E-state index in [4.69, 9.17) is 9.47 Å². The van der Waals surface area contributed by atoms with Gasteiger partial charge in [0.2, 0.25) is 0 Å². The summed E-state index contributed by atoms with van der Waals surface area (Å²) in [5.74, 6) is 0.916. The zero-order chi connectivity index (χ0) is 19.3. The number of hydrogen-bond donors (Lipinski definition) is 3. The molecule has 6 heteroatoms. The highest BCUT2D eigenvalue weighted by Crippen LogP contribution is 2.26. The normalized spacial score (nSPS) is 16.3. The summed E-state index contributed by atoms with van der Waals surface area (Å²) >= 11 is 0. The Labute approximate surface area is 160 Å². The summed E-state index contributed by atoms with van der Waals surface area (Å²) in [7, 11) is 0. The van der Waals surface area contributed by atoms with Crippen molar-refractivity contribution in [1.82, 2.24) is 10.9 Å². The molecule has 1 amide bonds. The van der Waals surface area contributed by atoms with Crippen LogP contribution in [0.25, 0.3) is 0 Å². The molecule has 1 unspecified atom stereocenters. The zero-order valence-electron chi connectivity index (χ0n) is 16.0. The van der Waals surface area contributed by atoms with Crippen molar-refractivity contribution in [2.75, 3.05) is 18.5 Å². The van der Waals surface area contributed by atoms with E-state index in [0.717, 1.165) is 24.3 Å². The third-order valence-corrected chi connectivity index (χ3v) is 4.12. The summed E-state index contributed by atoms with van der Waals surface area (Å²) in [4.78, 5) is 11.8. The van der Waals surface area contributed by atoms with E-state index < -0.39 is 11.7 Å². The zero-order valence-corrected chi connectivity index (χ0v) is 16.0. The van der Waals surface area contributed by atoms with Gasteiger partial charge in [-0.1, -0.05) is 30.3 Å². The van der Waals surface area contributed by atoms with Crippen LogP contribution < -0.4 is 20.9 Å². The lowest BCUT2D eigenvalue weighted by molar-refractivity contribution is 0.0636. The van der Waals surface area contributed by atoms with Crippen LogP contribution >= 0.6 is 0 Å². The minimum Gasteiger partial charge on any atom is -0.493 e. The Balaban J connectivity index is 1.49. The second kappa shape index (κ2) is 8.41. The number of amides is 1. The van der Waals surface area contributed by atoms with Crippen molar-refractivity contribution >= 4 is 11.8 Å². The Kier molecular flexibility index (Phi) is 5.98. The first kappa shape index (κ1) is 19.2. The van der Waals surface area contributed by atoms with E-state index in [1.54, 1.807) is 0 Å². The summed E-state index contributed by atoms with van der Waals surface area (Å²) in [5.41, 5.74) is 8.74. The number of carbonyl (C=O) groups excluding carboxylic acids is 1. The van der Waals surface area contributed by atoms with E-state index in [1.807, 2.05) is 63.2 Å². The van der Waals surface area contributed by atoms with Gasteiger partial charge in [-0.05, 0) is 44.5 Å². The van der Waals surface area contributed by atoms with Gasteiger partial charge in [-0.3, -0.25) is 10.7 Å². The van der Waals surface area contributed by atoms with Crippen LogP contribution in [-0.2, 0) is 11.2 Å². The molecule has 1 fully saturated rings. The first-order chi connectivity index (χ1) is 12.9. The van der Waals surface area contributed by atoms with Crippen molar-refractivity contribution in [2.45, 2.75) is 38.8 Å². The number of carbonyl (C=O) groups is 1. The number of rotatable bonds is 6. The maximum Gasteiger partial charge on any atom is 0.412 e. The average molecular weight is 369 g/mol. The topological polar surface area (TPSA) is 71.6 Å². The molecule has 144 valence electrons. The molecule has 0 aromatic heterocycles. The van der Waals surface area contributed by atoms with Gasteiger partial charge in [-0.15, -0.1) is 0 Å². The fraction of sp³-hybridized carbons (Fsp3) is 0.381. The van der Waals surface area contributed by atoms with Crippen LogP contribution in [0.1, 0.15) is 37.9 Å². The molecule has 1 saturated heterocycles. The minimum atomic E-state index is -0.511. The van der Waals surface area contributed by atoms with Gasteiger partial charge in [0.25, 0.3) is 0 Å². The van der Waals surface area contributed by atoms with Crippen LogP contribution in [0.2, 0.25) is 0 Å². The lowest BCUT2D eigenvalue weighted by atomic mass is 10.0. The fourth-order valence-corrected chi connectivity index (χ4v) is 2.75. The van der Waals surface area contributed by atoms with Crippen LogP contribution in [0.3, 0.4) is 0 Å². The van der Waals surface area contributed by atoms with E-state index in [0.29, 0.717) is 18.3 Å². The third kappa shape index (κ3) is 5.70. The molecule has 0 bridgehead atoms. The predicted molar refractivity (Wildman–Crippen MR) is 106 cm³/mol. The summed E-state index contributed by atoms with van der Waals surface area (Å²) in [6.45, 7) is 7.02. The van der Waals surface area contributed by atoms with Gasteiger partial charge in [-0.2, -0.15) is 0 Å². The molecule has 3 rings (SSSR count). The molecule has 6 nitrogen and oxygen atoms in total. The summed E-state index contributed by atoms with van der Waals surface area (Å²) in [6.07, 6.45) is 0.339. The number of nitrogens with one attached hydrogen (secondary N) is 3. The van der Waals surface area contributed by atoms with E-state index in [1.165, 1.54) is 5.56 Å². The molecular formula is C21H27N3O3. The quantitative estimate of drug-likeness (QED) is 0.722. The first-order valence-electron chi connectivity index (χ1n) is 9.20. The molecule has 1 aliphatic heterocycles. The summed E-state index contributed by atoms with van der Waals surface area (Å²) < 4.78 is 11.2. The van der Waals surface area contributed by atoms with Gasteiger partial charge in [0, 0.05) is 24.2 Å². The number of hydrogen-bond acceptors (Lipinski definition) is 5. The van der Waals surface area contributed by atoms with Gasteiger partial charge >= 0.3 is 6.09 Å². The van der Waals surface area contributed by atoms with E-state index in [-0.39, 0.29) is 0 Å². The number of ether oxygens (including phenoxy) is 2. The molecule has 2 aromatic carbocycles. The lowest BCUT2D eigenvalue weighted by Gasteiger charge is -2.30. The van der Waals surface area contributed by atoms with Crippen molar-refractivity contribution in [3.8, 4) is 5.75 Å². The first-order valence-corrected chi connectivity index (χ1v) is 9.20. The predicted octanol–water partition coefficient (Wildman–Crippen LogP) is 3.80. The van der Waals surface area contributed by atoms with Crippen molar-refractivity contribution in [3.63, 3.8) is 0 Å². The third-order valence-electron chi connectivity index (χ3n) is 4.12. The maximum atomic E-state index is 11.8. The second-order valence-electron chi connectivity index (χ2n) is 7.54. The summed E-state index contributed by atoms with van der Waals surface area (Å²) in [6, 6.07) is 16.1. The Morgan fingerprint density at radius 2 is 1.85 bits per heavy atom. The average Bonchev–Trinajstić information content (AvgIpc) is 2.55. The van der Waals surface area contributed by atoms with Gasteiger partial charge in [0.15, 0.2) is 0 Å². The molecule has 2 aromatic rings. The minimum absolute atomic E-state index is 0.305. The van der Waals surface area contributed by atoms with Gasteiger partial charge in [0.1, 0.15) is 11.4 Å². The van der Waals surface area contributed by atoms with E-state index in [2.05, 4.69) is 22.2 Å². The van der Waals surface area contributed by atoms with Gasteiger partial charge in [-0.25, -0.2) is 10.2 Å². The number of anilines is 1. The lowest BCUT2D eigenvalue weighted by Crippen LogP contribution is -2.52. The van der Waals surface area contributed by atoms with Crippen LogP contribution in [-0.4, -0.2) is 24.8 Å². The van der Waals surface area contributed by atoms with Crippen molar-refractivity contribution in [3.05, 3.63) is 59.7 Å². The fourth-order valence-electron chi connectivity index (χ4n) is 2.75. The van der Waals surface area contributed by atoms with Gasteiger partial charge in [0.05, 0.1) is 12.6 Å². The van der Waals surface area contributed by atoms with Crippen molar-refractivity contribution in [1.29, 1.82) is 0 Å². The molecule has 1 heterocycles. The standard InChI is InChI=1S/C21H27N3O3/c1-21(2,3)27-20(25)23-16-10-8-15(9-11-16)12-13-26-19-7-5-4-6-17(19)18-14-22-24-18/h4-11,18,22,24H,12-14H2,1-3H3,(H,23,25). The monoisotopic (exact) mass is 369 g/mol. The van der Waals surface area contributed by atoms with Crippen molar-refractivity contribution < 1.29 is 14.3 Å². The highest BCUT2D eigenvalue weighted by Gasteiger charge is 2.21. The largest absolute Gasteiger partial charge is 0.493 e. The SMILES string of the molecule is CC(C)(C)OC(=O)Nc1ccc(CCOc2ccccc2C2CNN2)cc1. The molecule has 1 atom stereocenters. The molecule has 27 heavy (non-hydrogen) atoms. The summed E-state index contributed by atoms with van der Waals surface area (Å²) in [5, 5.41) is 2.74. The highest BCUT2D eigenvalue weighted by molar-refractivity contribution is 5.84. The Morgan fingerprint density at radius 3 is 2.48 bits per heavy atom.